The Morgan fingerprint density at radius 3 is 2.79 bits per heavy atom. The van der Waals surface area contributed by atoms with E-state index in [-0.39, 0.29) is 5.91 Å². The molecule has 0 saturated carbocycles. The van der Waals surface area contributed by atoms with Crippen molar-refractivity contribution in [3.8, 4) is 0 Å². The fraction of sp³-hybridized carbons (Fsp3) is 0.200. The molecule has 1 heterocycles. The van der Waals surface area contributed by atoms with Gasteiger partial charge in [-0.2, -0.15) is 0 Å². The van der Waals surface area contributed by atoms with Crippen molar-refractivity contribution in [2.45, 2.75) is 13.0 Å². The minimum Gasteiger partial charge on any atom is -0.325 e. The maximum absolute atomic E-state index is 12.0. The maximum Gasteiger partial charge on any atom is 0.228 e. The highest BCUT2D eigenvalue weighted by Gasteiger charge is 2.06. The van der Waals surface area contributed by atoms with Crippen LogP contribution in [0.1, 0.15) is 11.1 Å². The zero-order chi connectivity index (χ0) is 13.5. The van der Waals surface area contributed by atoms with E-state index in [1.165, 1.54) is 0 Å². The van der Waals surface area contributed by atoms with Gasteiger partial charge >= 0.3 is 0 Å². The third-order valence-corrected chi connectivity index (χ3v) is 2.75. The topological polar surface area (TPSA) is 54.0 Å². The molecule has 98 valence electrons. The molecule has 0 aliphatic rings. The van der Waals surface area contributed by atoms with Crippen LogP contribution in [-0.4, -0.2) is 17.9 Å². The molecule has 0 radical (unpaired) electrons. The Morgan fingerprint density at radius 2 is 2.05 bits per heavy atom. The first-order valence-corrected chi connectivity index (χ1v) is 6.21. The van der Waals surface area contributed by atoms with Crippen LogP contribution in [0.4, 0.5) is 5.69 Å². The molecule has 4 nitrogen and oxygen atoms in total. The Morgan fingerprint density at radius 1 is 1.21 bits per heavy atom. The number of hydrogen-bond donors (Lipinski definition) is 2. The summed E-state index contributed by atoms with van der Waals surface area (Å²) in [7, 11) is 1.88. The Labute approximate surface area is 112 Å². The lowest BCUT2D eigenvalue weighted by Crippen LogP contribution is -2.17. The predicted octanol–water partition coefficient (Wildman–Crippen LogP) is 1.98. The van der Waals surface area contributed by atoms with Gasteiger partial charge in [-0.25, -0.2) is 0 Å². The number of nitrogens with one attached hydrogen (secondary N) is 2. The summed E-state index contributed by atoms with van der Waals surface area (Å²) in [5, 5.41) is 6.02. The lowest BCUT2D eigenvalue weighted by molar-refractivity contribution is -0.115. The van der Waals surface area contributed by atoms with Crippen LogP contribution in [0.2, 0.25) is 0 Å². The zero-order valence-electron chi connectivity index (χ0n) is 10.9. The molecule has 0 saturated heterocycles. The van der Waals surface area contributed by atoms with E-state index in [2.05, 4.69) is 15.6 Å². The number of carbonyl (C=O) groups excluding carboxylic acids is 1. The molecule has 1 aromatic carbocycles. The van der Waals surface area contributed by atoms with Crippen LogP contribution >= 0.6 is 0 Å². The number of hydrogen-bond acceptors (Lipinski definition) is 3. The second-order valence-electron chi connectivity index (χ2n) is 4.27. The fourth-order valence-corrected chi connectivity index (χ4v) is 1.87. The molecule has 0 fully saturated rings. The van der Waals surface area contributed by atoms with Gasteiger partial charge in [-0.1, -0.05) is 24.3 Å². The average Bonchev–Trinajstić information content (AvgIpc) is 2.42. The maximum atomic E-state index is 12.0. The van der Waals surface area contributed by atoms with Crippen molar-refractivity contribution in [3.63, 3.8) is 0 Å². The van der Waals surface area contributed by atoms with Crippen molar-refractivity contribution in [1.82, 2.24) is 10.3 Å². The Kier molecular flexibility index (Phi) is 4.64. The molecule has 0 spiro atoms. The predicted molar refractivity (Wildman–Crippen MR) is 75.8 cm³/mol. The summed E-state index contributed by atoms with van der Waals surface area (Å²) in [5.74, 6) is -0.0310. The third-order valence-electron chi connectivity index (χ3n) is 2.75. The van der Waals surface area contributed by atoms with Crippen LogP contribution < -0.4 is 10.6 Å². The number of rotatable bonds is 5. The smallest absolute Gasteiger partial charge is 0.228 e. The zero-order valence-corrected chi connectivity index (χ0v) is 10.9. The highest BCUT2D eigenvalue weighted by molar-refractivity contribution is 5.92. The van der Waals surface area contributed by atoms with Crippen molar-refractivity contribution < 1.29 is 4.79 Å². The number of anilines is 1. The fourth-order valence-electron chi connectivity index (χ4n) is 1.87. The number of benzene rings is 1. The summed E-state index contributed by atoms with van der Waals surface area (Å²) >= 11 is 0. The van der Waals surface area contributed by atoms with Gasteiger partial charge < -0.3 is 10.6 Å². The van der Waals surface area contributed by atoms with Gasteiger partial charge in [-0.15, -0.1) is 0 Å². The number of pyridine rings is 1. The van der Waals surface area contributed by atoms with Crippen molar-refractivity contribution in [1.29, 1.82) is 0 Å². The van der Waals surface area contributed by atoms with E-state index in [1.54, 1.807) is 12.4 Å². The van der Waals surface area contributed by atoms with E-state index >= 15 is 0 Å². The minimum atomic E-state index is -0.0310. The summed E-state index contributed by atoms with van der Waals surface area (Å²) in [6, 6.07) is 11.5. The Balaban J connectivity index is 2.03. The summed E-state index contributed by atoms with van der Waals surface area (Å²) < 4.78 is 0. The van der Waals surface area contributed by atoms with Gasteiger partial charge in [0, 0.05) is 24.6 Å². The first kappa shape index (κ1) is 13.2. The Hall–Kier alpha value is -2.20. The third kappa shape index (κ3) is 3.89. The number of aromatic nitrogens is 1. The Bertz CT molecular complexity index is 540. The molecule has 2 N–H and O–H groups in total. The quantitative estimate of drug-likeness (QED) is 0.859. The van der Waals surface area contributed by atoms with Crippen LogP contribution in [-0.2, 0) is 17.8 Å². The summed E-state index contributed by atoms with van der Waals surface area (Å²) in [6.45, 7) is 0.726. The minimum absolute atomic E-state index is 0.0310. The molecule has 0 unspecified atom stereocenters. The van der Waals surface area contributed by atoms with Gasteiger partial charge in [0.2, 0.25) is 5.91 Å². The number of nitrogens with zero attached hydrogens (tertiary/aromatic N) is 1. The highest BCUT2D eigenvalue weighted by Crippen LogP contribution is 2.15. The molecular formula is C15H17N3O. The standard InChI is InChI=1S/C15H17N3O/c1-16-11-13-6-2-3-7-14(13)18-15(19)9-12-5-4-8-17-10-12/h2-8,10,16H,9,11H2,1H3,(H,18,19). The van der Waals surface area contributed by atoms with E-state index < -0.39 is 0 Å². The SMILES string of the molecule is CNCc1ccccc1NC(=O)Cc1cccnc1. The monoisotopic (exact) mass is 255 g/mol. The van der Waals surface area contributed by atoms with Gasteiger partial charge in [0.15, 0.2) is 0 Å². The van der Waals surface area contributed by atoms with Gasteiger partial charge in [-0.3, -0.25) is 9.78 Å². The number of para-hydroxylation sites is 1. The van der Waals surface area contributed by atoms with E-state index in [4.69, 9.17) is 0 Å². The van der Waals surface area contributed by atoms with E-state index in [1.807, 2.05) is 43.4 Å². The molecule has 19 heavy (non-hydrogen) atoms. The van der Waals surface area contributed by atoms with Gasteiger partial charge in [0.05, 0.1) is 6.42 Å². The summed E-state index contributed by atoms with van der Waals surface area (Å²) in [4.78, 5) is 16.0. The molecule has 4 heteroatoms. The lowest BCUT2D eigenvalue weighted by atomic mass is 10.1. The molecule has 1 amide bonds. The second-order valence-corrected chi connectivity index (χ2v) is 4.27. The average molecular weight is 255 g/mol. The molecule has 2 rings (SSSR count). The molecule has 2 aromatic rings. The van der Waals surface area contributed by atoms with Crippen LogP contribution in [0.3, 0.4) is 0 Å². The largest absolute Gasteiger partial charge is 0.325 e. The van der Waals surface area contributed by atoms with Crippen molar-refractivity contribution in [2.24, 2.45) is 0 Å². The highest BCUT2D eigenvalue weighted by atomic mass is 16.1. The normalized spacial score (nSPS) is 10.2. The number of carbonyl (C=O) groups is 1. The molecule has 1 aromatic heterocycles. The van der Waals surface area contributed by atoms with Crippen molar-refractivity contribution in [3.05, 3.63) is 59.9 Å². The van der Waals surface area contributed by atoms with Gasteiger partial charge in [0.1, 0.15) is 0 Å². The van der Waals surface area contributed by atoms with Crippen molar-refractivity contribution in [2.75, 3.05) is 12.4 Å². The van der Waals surface area contributed by atoms with Gasteiger partial charge in [-0.05, 0) is 30.3 Å². The summed E-state index contributed by atoms with van der Waals surface area (Å²) in [5.41, 5.74) is 2.83. The van der Waals surface area contributed by atoms with E-state index in [0.717, 1.165) is 23.4 Å². The van der Waals surface area contributed by atoms with Crippen LogP contribution in [0.25, 0.3) is 0 Å². The van der Waals surface area contributed by atoms with Crippen LogP contribution in [0, 0.1) is 0 Å². The summed E-state index contributed by atoms with van der Waals surface area (Å²) in [6.07, 6.45) is 3.74. The van der Waals surface area contributed by atoms with E-state index in [9.17, 15) is 4.79 Å². The molecule has 0 aliphatic heterocycles. The second kappa shape index (κ2) is 6.66. The first-order valence-electron chi connectivity index (χ1n) is 6.21. The van der Waals surface area contributed by atoms with Crippen LogP contribution in [0.15, 0.2) is 48.8 Å². The number of amides is 1. The first-order chi connectivity index (χ1) is 9.29. The molecular weight excluding hydrogens is 238 g/mol. The molecule has 0 bridgehead atoms. The van der Waals surface area contributed by atoms with Crippen LogP contribution in [0.5, 0.6) is 0 Å². The molecule has 0 aliphatic carbocycles. The molecule has 0 atom stereocenters. The van der Waals surface area contributed by atoms with Crippen molar-refractivity contribution >= 4 is 11.6 Å². The van der Waals surface area contributed by atoms with Gasteiger partial charge in [0.25, 0.3) is 0 Å². The lowest BCUT2D eigenvalue weighted by Gasteiger charge is -2.10. The van der Waals surface area contributed by atoms with E-state index in [0.29, 0.717) is 6.42 Å².